The largest absolute Gasteiger partial charge is 0.474 e. The summed E-state index contributed by atoms with van der Waals surface area (Å²) in [6, 6.07) is 0. The van der Waals surface area contributed by atoms with E-state index in [0.29, 0.717) is 18.3 Å². The van der Waals surface area contributed by atoms with Gasteiger partial charge in [0.05, 0.1) is 13.2 Å². The third-order valence-corrected chi connectivity index (χ3v) is 15.8. The second kappa shape index (κ2) is 36.6. The predicted octanol–water partition coefficient (Wildman–Crippen LogP) is 15.8. The Morgan fingerprint density at radius 1 is 0.531 bits per heavy atom. The lowest BCUT2D eigenvalue weighted by molar-refractivity contribution is -0.128. The molecule has 1 rings (SSSR count). The van der Waals surface area contributed by atoms with Crippen molar-refractivity contribution in [3.63, 3.8) is 0 Å². The normalized spacial score (nSPS) is 23.2. The van der Waals surface area contributed by atoms with Crippen molar-refractivity contribution in [2.75, 3.05) is 13.2 Å². The summed E-state index contributed by atoms with van der Waals surface area (Å²) in [5, 5.41) is 28.9. The summed E-state index contributed by atoms with van der Waals surface area (Å²) in [5.74, 6) is 7.01. The molecule has 0 aliphatic carbocycles. The number of ether oxygens (including phenoxy) is 1. The molecule has 382 valence electrons. The first-order valence-corrected chi connectivity index (χ1v) is 28.7. The Morgan fingerprint density at radius 3 is 1.20 bits per heavy atom. The van der Waals surface area contributed by atoms with Crippen LogP contribution in [0, 0.1) is 53.3 Å². The fraction of sp³-hybridized carbons (Fsp3) is 0.964. The number of hydrogen-bond acceptors (Lipinski definition) is 7. The van der Waals surface area contributed by atoms with Crippen molar-refractivity contribution < 1.29 is 38.6 Å². The molecule has 0 amide bonds. The minimum Gasteiger partial charge on any atom is -0.394 e. The zero-order valence-electron chi connectivity index (χ0n) is 44.0. The van der Waals surface area contributed by atoms with Gasteiger partial charge in [-0.15, -0.1) is 0 Å². The summed E-state index contributed by atoms with van der Waals surface area (Å²) >= 11 is 0. The second-order valence-corrected chi connectivity index (χ2v) is 24.1. The van der Waals surface area contributed by atoms with E-state index in [1.165, 1.54) is 154 Å². The summed E-state index contributed by atoms with van der Waals surface area (Å²) in [7, 11) is -4.48. The number of aliphatic hydroxyl groups excluding tert-OH is 3. The SMILES string of the molecule is C/C(=C/CCC(C)CCCC(C)CCCC(C)CCCC(C)CCCC(C)CCCC(C)CCCC(C)CCCC(C)CCOP(=O)(O)O[C@@H]1O[C@H](CO)[C@@H](O)[C@@H]1O)CCCC(C)C. The summed E-state index contributed by atoms with van der Waals surface area (Å²) in [5.41, 5.74) is 1.60. The Labute approximate surface area is 397 Å². The van der Waals surface area contributed by atoms with Crippen LogP contribution < -0.4 is 0 Å². The average Bonchev–Trinajstić information content (AvgIpc) is 3.47. The van der Waals surface area contributed by atoms with Crippen molar-refractivity contribution in [3.05, 3.63) is 11.6 Å². The molecule has 0 radical (unpaired) electrons. The second-order valence-electron chi connectivity index (χ2n) is 22.7. The molecule has 0 saturated carbocycles. The molecule has 1 saturated heterocycles. The number of aliphatic hydroxyl groups is 3. The van der Waals surface area contributed by atoms with E-state index in [9.17, 15) is 24.8 Å². The topological polar surface area (TPSA) is 126 Å². The van der Waals surface area contributed by atoms with Gasteiger partial charge in [-0.2, -0.15) is 0 Å². The molecule has 13 atom stereocenters. The van der Waals surface area contributed by atoms with Gasteiger partial charge < -0.3 is 24.9 Å². The molecule has 9 heteroatoms. The highest BCUT2D eigenvalue weighted by atomic mass is 31.2. The Kier molecular flexibility index (Phi) is 35.3. The van der Waals surface area contributed by atoms with Crippen LogP contribution in [-0.2, 0) is 18.3 Å². The van der Waals surface area contributed by atoms with Gasteiger partial charge in [0.1, 0.15) is 18.3 Å². The van der Waals surface area contributed by atoms with Gasteiger partial charge in [-0.1, -0.05) is 222 Å². The molecule has 1 fully saturated rings. The average molecular weight is 929 g/mol. The number of phosphoric acid groups is 1. The van der Waals surface area contributed by atoms with E-state index >= 15 is 0 Å². The summed E-state index contributed by atoms with van der Waals surface area (Å²) < 4.78 is 27.4. The van der Waals surface area contributed by atoms with Gasteiger partial charge in [-0.05, 0) is 92.3 Å². The van der Waals surface area contributed by atoms with Gasteiger partial charge in [0.25, 0.3) is 0 Å². The van der Waals surface area contributed by atoms with Crippen LogP contribution in [0.15, 0.2) is 11.6 Å². The van der Waals surface area contributed by atoms with Gasteiger partial charge in [0.15, 0.2) is 6.29 Å². The van der Waals surface area contributed by atoms with Gasteiger partial charge >= 0.3 is 7.82 Å². The van der Waals surface area contributed by atoms with Crippen molar-refractivity contribution in [1.82, 2.24) is 0 Å². The number of phosphoric ester groups is 1. The standard InChI is InChI=1S/C55H109O8P/c1-42(2)21-12-22-43(3)23-13-24-44(4)25-14-26-45(5)27-15-28-46(6)29-16-30-47(7)31-17-32-48(8)33-18-34-49(9)35-19-36-50(10)37-20-38-51(11)39-40-61-64(59,60)63-55-54(58)53(57)52(41-56)62-55/h23,42,44-58H,12-22,24-41H2,1-11H3,(H,59,60)/b43-23-/t44?,45?,46?,47?,48?,49?,50?,51?,52-,53-,54+,55+/m1/s1. The fourth-order valence-electron chi connectivity index (χ4n) is 9.85. The summed E-state index contributed by atoms with van der Waals surface area (Å²) in [6.07, 6.45) is 32.5. The molecule has 1 heterocycles. The van der Waals surface area contributed by atoms with Crippen LogP contribution in [0.3, 0.4) is 0 Å². The van der Waals surface area contributed by atoms with E-state index < -0.39 is 39.0 Å². The molecule has 0 aromatic heterocycles. The quantitative estimate of drug-likeness (QED) is 0.0352. The van der Waals surface area contributed by atoms with Crippen LogP contribution in [0.2, 0.25) is 0 Å². The molecular formula is C55H109O8P. The van der Waals surface area contributed by atoms with Crippen LogP contribution in [0.4, 0.5) is 0 Å². The van der Waals surface area contributed by atoms with Crippen LogP contribution in [-0.4, -0.2) is 58.0 Å². The molecule has 9 unspecified atom stereocenters. The van der Waals surface area contributed by atoms with E-state index in [1.54, 1.807) is 5.57 Å². The first kappa shape index (κ1) is 61.7. The molecule has 1 aliphatic rings. The number of allylic oxidation sites excluding steroid dienone is 2. The minimum absolute atomic E-state index is 0.0480. The molecule has 0 bridgehead atoms. The molecular weight excluding hydrogens is 820 g/mol. The van der Waals surface area contributed by atoms with E-state index in [2.05, 4.69) is 82.2 Å². The van der Waals surface area contributed by atoms with Gasteiger partial charge in [0.2, 0.25) is 0 Å². The van der Waals surface area contributed by atoms with E-state index in [1.807, 2.05) is 0 Å². The fourth-order valence-corrected chi connectivity index (χ4v) is 10.7. The molecule has 0 aromatic carbocycles. The first-order valence-electron chi connectivity index (χ1n) is 27.2. The highest BCUT2D eigenvalue weighted by Gasteiger charge is 2.46. The Bertz CT molecular complexity index is 1180. The lowest BCUT2D eigenvalue weighted by Crippen LogP contribution is -2.34. The highest BCUT2D eigenvalue weighted by Crippen LogP contribution is 2.47. The molecule has 8 nitrogen and oxygen atoms in total. The van der Waals surface area contributed by atoms with Crippen molar-refractivity contribution >= 4 is 7.82 Å². The van der Waals surface area contributed by atoms with E-state index in [0.717, 1.165) is 54.3 Å². The Balaban J connectivity index is 2.00. The maximum Gasteiger partial charge on any atom is 0.474 e. The van der Waals surface area contributed by atoms with Crippen LogP contribution in [0.1, 0.15) is 250 Å². The summed E-state index contributed by atoms with van der Waals surface area (Å²) in [6.45, 7) is 25.9. The molecule has 1 aliphatic heterocycles. The van der Waals surface area contributed by atoms with Crippen molar-refractivity contribution in [2.45, 2.75) is 274 Å². The third-order valence-electron chi connectivity index (χ3n) is 14.9. The van der Waals surface area contributed by atoms with E-state index in [-0.39, 0.29) is 6.61 Å². The Morgan fingerprint density at radius 2 is 0.875 bits per heavy atom. The molecule has 64 heavy (non-hydrogen) atoms. The lowest BCUT2D eigenvalue weighted by Gasteiger charge is -2.20. The van der Waals surface area contributed by atoms with Crippen molar-refractivity contribution in [2.24, 2.45) is 53.3 Å². The zero-order valence-corrected chi connectivity index (χ0v) is 44.9. The van der Waals surface area contributed by atoms with Crippen LogP contribution in [0.25, 0.3) is 0 Å². The predicted molar refractivity (Wildman–Crippen MR) is 271 cm³/mol. The smallest absolute Gasteiger partial charge is 0.394 e. The van der Waals surface area contributed by atoms with Gasteiger partial charge in [-0.3, -0.25) is 9.05 Å². The Hall–Kier alpha value is -0.310. The van der Waals surface area contributed by atoms with Crippen molar-refractivity contribution in [3.8, 4) is 0 Å². The number of rotatable bonds is 42. The first-order chi connectivity index (χ1) is 30.3. The maximum atomic E-state index is 12.3. The highest BCUT2D eigenvalue weighted by molar-refractivity contribution is 7.47. The summed E-state index contributed by atoms with van der Waals surface area (Å²) in [4.78, 5) is 10.0. The van der Waals surface area contributed by atoms with Crippen molar-refractivity contribution in [1.29, 1.82) is 0 Å². The molecule has 0 aromatic rings. The van der Waals surface area contributed by atoms with E-state index in [4.69, 9.17) is 13.8 Å². The van der Waals surface area contributed by atoms with Crippen LogP contribution >= 0.6 is 7.82 Å². The lowest BCUT2D eigenvalue weighted by atomic mass is 9.88. The maximum absolute atomic E-state index is 12.3. The van der Waals surface area contributed by atoms with Gasteiger partial charge in [-0.25, -0.2) is 4.57 Å². The van der Waals surface area contributed by atoms with Crippen LogP contribution in [0.5, 0.6) is 0 Å². The minimum atomic E-state index is -4.48. The molecule has 4 N–H and O–H groups in total. The molecule has 0 spiro atoms. The number of hydrogen-bond donors (Lipinski definition) is 4. The monoisotopic (exact) mass is 929 g/mol. The zero-order chi connectivity index (χ0) is 47.9. The third kappa shape index (κ3) is 32.4. The van der Waals surface area contributed by atoms with Gasteiger partial charge in [0, 0.05) is 0 Å².